The number of benzene rings is 2. The highest BCUT2D eigenvalue weighted by molar-refractivity contribution is 7.90. The zero-order valence-corrected chi connectivity index (χ0v) is 17.0. The molecule has 5 nitrogen and oxygen atoms in total. The molecule has 1 aliphatic carbocycles. The van der Waals surface area contributed by atoms with Crippen molar-refractivity contribution in [1.29, 1.82) is 0 Å². The van der Waals surface area contributed by atoms with E-state index < -0.39 is 10.0 Å². The van der Waals surface area contributed by atoms with Gasteiger partial charge in [-0.25, -0.2) is 13.1 Å². The van der Waals surface area contributed by atoms with Gasteiger partial charge in [-0.1, -0.05) is 42.5 Å². The molecular formula is C22H28N2O3S. The molecule has 2 aromatic carbocycles. The maximum Gasteiger partial charge on any atom is 0.214 e. The number of ether oxygens (including phenoxy) is 1. The number of nitrogens with one attached hydrogen (secondary N) is 1. The third-order valence-corrected chi connectivity index (χ3v) is 8.45. The van der Waals surface area contributed by atoms with E-state index in [1.165, 1.54) is 16.3 Å². The second-order valence-electron chi connectivity index (χ2n) is 8.63. The number of piperidine rings is 1. The van der Waals surface area contributed by atoms with Crippen LogP contribution in [0.1, 0.15) is 37.7 Å². The molecule has 1 atom stereocenters. The van der Waals surface area contributed by atoms with Crippen LogP contribution in [0, 0.1) is 0 Å². The van der Waals surface area contributed by atoms with Gasteiger partial charge >= 0.3 is 0 Å². The summed E-state index contributed by atoms with van der Waals surface area (Å²) in [5.41, 5.74) is 1.36. The van der Waals surface area contributed by atoms with E-state index in [2.05, 4.69) is 52.1 Å². The summed E-state index contributed by atoms with van der Waals surface area (Å²) in [6, 6.07) is 15.1. The number of fused-ring (bicyclic) bond motifs is 1. The molecule has 0 amide bonds. The first-order chi connectivity index (χ1) is 13.5. The average Bonchev–Trinajstić information content (AvgIpc) is 3.52. The summed E-state index contributed by atoms with van der Waals surface area (Å²) < 4.78 is 32.8. The van der Waals surface area contributed by atoms with Gasteiger partial charge in [-0.3, -0.25) is 4.90 Å². The maximum atomic E-state index is 11.9. The Hall–Kier alpha value is -1.47. The fraction of sp³-hybridized carbons (Fsp3) is 0.545. The Balaban J connectivity index is 1.12. The zero-order chi connectivity index (χ0) is 19.2. The Morgan fingerprint density at radius 3 is 2.54 bits per heavy atom. The van der Waals surface area contributed by atoms with E-state index in [0.717, 1.165) is 51.7 Å². The predicted molar refractivity (Wildman–Crippen MR) is 111 cm³/mol. The smallest absolute Gasteiger partial charge is 0.214 e. The number of sulfonamides is 1. The van der Waals surface area contributed by atoms with Gasteiger partial charge in [-0.05, 0) is 42.0 Å². The molecule has 150 valence electrons. The average molecular weight is 401 g/mol. The summed E-state index contributed by atoms with van der Waals surface area (Å²) in [4.78, 5) is 2.51. The standard InChI is InChI=1S/C22H28N2O3S/c25-28(26,20-8-9-20)23-15-19-14-22(27-19)10-12-24(13-11-22)16-18-6-3-5-17-4-1-2-7-21(17)18/h1-7,19-20,23H,8-16H2/t19-/m1/s1. The first-order valence-corrected chi connectivity index (χ1v) is 11.9. The van der Waals surface area contributed by atoms with Crippen molar-refractivity contribution < 1.29 is 13.2 Å². The highest BCUT2D eigenvalue weighted by Gasteiger charge is 2.47. The van der Waals surface area contributed by atoms with Crippen molar-refractivity contribution in [3.05, 3.63) is 48.0 Å². The molecule has 1 saturated carbocycles. The van der Waals surface area contributed by atoms with Crippen LogP contribution < -0.4 is 4.72 Å². The molecule has 0 bridgehead atoms. The van der Waals surface area contributed by atoms with Gasteiger partial charge in [0.1, 0.15) is 0 Å². The summed E-state index contributed by atoms with van der Waals surface area (Å²) in [7, 11) is -3.10. The zero-order valence-electron chi connectivity index (χ0n) is 16.1. The van der Waals surface area contributed by atoms with Gasteiger partial charge in [0.05, 0.1) is 17.0 Å². The van der Waals surface area contributed by atoms with Crippen molar-refractivity contribution in [3.63, 3.8) is 0 Å². The van der Waals surface area contributed by atoms with Gasteiger partial charge < -0.3 is 4.74 Å². The lowest BCUT2D eigenvalue weighted by Crippen LogP contribution is -2.59. The molecule has 1 spiro atoms. The lowest BCUT2D eigenvalue weighted by atomic mass is 9.80. The lowest BCUT2D eigenvalue weighted by Gasteiger charge is -2.52. The summed E-state index contributed by atoms with van der Waals surface area (Å²) in [5.74, 6) is 0. The number of rotatable bonds is 6. The van der Waals surface area contributed by atoms with E-state index in [-0.39, 0.29) is 17.0 Å². The van der Waals surface area contributed by atoms with Crippen LogP contribution in [0.4, 0.5) is 0 Å². The molecule has 28 heavy (non-hydrogen) atoms. The highest BCUT2D eigenvalue weighted by Crippen LogP contribution is 2.41. The first kappa shape index (κ1) is 18.6. The Labute approximate surface area is 167 Å². The highest BCUT2D eigenvalue weighted by atomic mass is 32.2. The molecule has 0 aromatic heterocycles. The first-order valence-electron chi connectivity index (χ1n) is 10.4. The van der Waals surface area contributed by atoms with E-state index >= 15 is 0 Å². The molecule has 5 rings (SSSR count). The Morgan fingerprint density at radius 2 is 1.79 bits per heavy atom. The van der Waals surface area contributed by atoms with Crippen molar-refractivity contribution in [3.8, 4) is 0 Å². The number of hydrogen-bond donors (Lipinski definition) is 1. The van der Waals surface area contributed by atoms with Gasteiger partial charge in [-0.2, -0.15) is 0 Å². The van der Waals surface area contributed by atoms with Crippen LogP contribution in [0.25, 0.3) is 10.8 Å². The molecule has 2 aromatic rings. The normalized spacial score (nSPS) is 25.1. The molecule has 0 unspecified atom stereocenters. The fourth-order valence-electron chi connectivity index (χ4n) is 4.69. The van der Waals surface area contributed by atoms with Crippen molar-refractivity contribution in [2.24, 2.45) is 0 Å². The summed E-state index contributed by atoms with van der Waals surface area (Å²) in [6.07, 6.45) is 4.68. The van der Waals surface area contributed by atoms with Crippen LogP contribution in [-0.2, 0) is 21.3 Å². The monoisotopic (exact) mass is 400 g/mol. The second-order valence-corrected chi connectivity index (χ2v) is 10.7. The van der Waals surface area contributed by atoms with E-state index in [0.29, 0.717) is 6.54 Å². The summed E-state index contributed by atoms with van der Waals surface area (Å²) in [6.45, 7) is 3.47. The van der Waals surface area contributed by atoms with Gasteiger partial charge in [0, 0.05) is 32.6 Å². The molecule has 2 aliphatic heterocycles. The molecular weight excluding hydrogens is 372 g/mol. The van der Waals surface area contributed by atoms with E-state index in [4.69, 9.17) is 4.74 Å². The number of hydrogen-bond acceptors (Lipinski definition) is 4. The Kier molecular flexibility index (Phi) is 4.70. The van der Waals surface area contributed by atoms with Gasteiger partial charge in [0.2, 0.25) is 10.0 Å². The molecule has 6 heteroatoms. The van der Waals surface area contributed by atoms with Crippen LogP contribution >= 0.6 is 0 Å². The second kappa shape index (κ2) is 7.10. The minimum atomic E-state index is -3.10. The fourth-order valence-corrected chi connectivity index (χ4v) is 6.10. The van der Waals surface area contributed by atoms with E-state index in [9.17, 15) is 8.42 Å². The van der Waals surface area contributed by atoms with Crippen LogP contribution in [0.2, 0.25) is 0 Å². The van der Waals surface area contributed by atoms with Crippen LogP contribution in [0.5, 0.6) is 0 Å². The minimum absolute atomic E-state index is 0.0229. The van der Waals surface area contributed by atoms with Crippen LogP contribution in [0.3, 0.4) is 0 Å². The third kappa shape index (κ3) is 3.71. The van der Waals surface area contributed by atoms with Crippen molar-refractivity contribution >= 4 is 20.8 Å². The summed E-state index contributed by atoms with van der Waals surface area (Å²) in [5, 5.41) is 2.49. The van der Waals surface area contributed by atoms with Crippen LogP contribution in [0.15, 0.2) is 42.5 Å². The van der Waals surface area contributed by atoms with E-state index in [1.807, 2.05) is 0 Å². The predicted octanol–water partition coefficient (Wildman–Crippen LogP) is 3.05. The van der Waals surface area contributed by atoms with Crippen molar-refractivity contribution in [1.82, 2.24) is 9.62 Å². The van der Waals surface area contributed by atoms with E-state index in [1.54, 1.807) is 0 Å². The number of nitrogens with zero attached hydrogens (tertiary/aromatic N) is 1. The third-order valence-electron chi connectivity index (χ3n) is 6.53. The molecule has 3 aliphatic rings. The molecule has 0 radical (unpaired) electrons. The van der Waals surface area contributed by atoms with Gasteiger partial charge in [0.25, 0.3) is 0 Å². The number of likely N-dealkylation sites (tertiary alicyclic amines) is 1. The Bertz CT molecular complexity index is 949. The SMILES string of the molecule is O=S(=O)(NC[C@H]1CC2(CCN(Cc3cccc4ccccc34)CC2)O1)C1CC1. The van der Waals surface area contributed by atoms with Gasteiger partial charge in [-0.15, -0.1) is 0 Å². The maximum absolute atomic E-state index is 11.9. The molecule has 1 N–H and O–H groups in total. The largest absolute Gasteiger partial charge is 0.370 e. The molecule has 2 saturated heterocycles. The Morgan fingerprint density at radius 1 is 1.07 bits per heavy atom. The van der Waals surface area contributed by atoms with Crippen LogP contribution in [-0.4, -0.2) is 49.9 Å². The summed E-state index contributed by atoms with van der Waals surface area (Å²) >= 11 is 0. The topological polar surface area (TPSA) is 58.6 Å². The van der Waals surface area contributed by atoms with Gasteiger partial charge in [0.15, 0.2) is 0 Å². The lowest BCUT2D eigenvalue weighted by molar-refractivity contribution is -0.222. The minimum Gasteiger partial charge on any atom is -0.370 e. The van der Waals surface area contributed by atoms with Crippen molar-refractivity contribution in [2.75, 3.05) is 19.6 Å². The molecule has 3 fully saturated rings. The quantitative estimate of drug-likeness (QED) is 0.810. The molecule has 2 heterocycles. The van der Waals surface area contributed by atoms with Crippen molar-refractivity contribution in [2.45, 2.75) is 55.6 Å².